The predicted molar refractivity (Wildman–Crippen MR) is 101 cm³/mol. The van der Waals surface area contributed by atoms with Gasteiger partial charge in [-0.2, -0.15) is 0 Å². The second-order valence-electron chi connectivity index (χ2n) is 6.55. The van der Waals surface area contributed by atoms with Crippen LogP contribution >= 0.6 is 0 Å². The minimum absolute atomic E-state index is 0.0772. The molecular weight excluding hydrogens is 360 g/mol. The molecule has 1 fully saturated rings. The van der Waals surface area contributed by atoms with Crippen molar-refractivity contribution in [2.75, 3.05) is 13.1 Å². The number of rotatable bonds is 5. The first-order chi connectivity index (χ1) is 13.5. The molecule has 0 unspecified atom stereocenters. The van der Waals surface area contributed by atoms with E-state index in [-0.39, 0.29) is 32.1 Å². The van der Waals surface area contributed by atoms with Gasteiger partial charge in [-0.1, -0.05) is 60.7 Å². The lowest BCUT2D eigenvalue weighted by atomic mass is 10.1. The van der Waals surface area contributed by atoms with Crippen LogP contribution in [0.4, 0.5) is 9.59 Å². The highest BCUT2D eigenvalue weighted by atomic mass is 16.6. The summed E-state index contributed by atoms with van der Waals surface area (Å²) in [6.45, 7) is 1.77. The van der Waals surface area contributed by atoms with E-state index in [1.54, 1.807) is 0 Å². The van der Waals surface area contributed by atoms with Crippen molar-refractivity contribution in [2.24, 2.45) is 5.92 Å². The molecule has 1 aliphatic rings. The zero-order valence-electron chi connectivity index (χ0n) is 15.6. The van der Waals surface area contributed by atoms with E-state index in [0.29, 0.717) is 0 Å². The fraction of sp³-hybridized carbons (Fsp3) is 0.286. The maximum atomic E-state index is 12.5. The van der Waals surface area contributed by atoms with Crippen LogP contribution in [-0.4, -0.2) is 41.1 Å². The van der Waals surface area contributed by atoms with Gasteiger partial charge in [-0.25, -0.2) is 19.6 Å². The largest absolute Gasteiger partial charge is 0.443 e. The Morgan fingerprint density at radius 2 is 1.18 bits per heavy atom. The average Bonchev–Trinajstić information content (AvgIpc) is 3.18. The normalized spacial score (nSPS) is 14.0. The first kappa shape index (κ1) is 19.4. The molecule has 7 heteroatoms. The van der Waals surface area contributed by atoms with Gasteiger partial charge in [0.25, 0.3) is 0 Å². The van der Waals surface area contributed by atoms with Crippen molar-refractivity contribution in [3.05, 3.63) is 71.8 Å². The average molecular weight is 382 g/mol. The summed E-state index contributed by atoms with van der Waals surface area (Å²) in [5.74, 6) is -0.562. The Kier molecular flexibility index (Phi) is 6.26. The summed E-state index contributed by atoms with van der Waals surface area (Å²) in [4.78, 5) is 36.8. The summed E-state index contributed by atoms with van der Waals surface area (Å²) in [5.41, 5.74) is 1.66. The molecule has 146 valence electrons. The zero-order valence-corrected chi connectivity index (χ0v) is 15.6. The van der Waals surface area contributed by atoms with Crippen molar-refractivity contribution in [3.8, 4) is 0 Å². The van der Waals surface area contributed by atoms with Crippen molar-refractivity contribution >= 4 is 18.0 Å². The first-order valence-corrected chi connectivity index (χ1v) is 9.01. The van der Waals surface area contributed by atoms with Gasteiger partial charge in [0.2, 0.25) is 0 Å². The molecule has 2 aromatic carbocycles. The molecule has 0 saturated carbocycles. The molecule has 1 saturated heterocycles. The van der Waals surface area contributed by atoms with Crippen LogP contribution in [0.15, 0.2) is 60.7 Å². The fourth-order valence-electron chi connectivity index (χ4n) is 2.86. The molecule has 0 aromatic heterocycles. The molecule has 0 N–H and O–H groups in total. The number of benzene rings is 2. The van der Waals surface area contributed by atoms with Crippen molar-refractivity contribution < 1.29 is 23.9 Å². The Hall–Kier alpha value is -3.35. The number of amides is 2. The zero-order chi connectivity index (χ0) is 19.9. The molecule has 0 bridgehead atoms. The number of ketones is 1. The lowest BCUT2D eigenvalue weighted by Crippen LogP contribution is -2.45. The summed E-state index contributed by atoms with van der Waals surface area (Å²) < 4.78 is 10.6. The van der Waals surface area contributed by atoms with Gasteiger partial charge >= 0.3 is 12.2 Å². The Balaban J connectivity index is 1.63. The predicted octanol–water partition coefficient (Wildman–Crippen LogP) is 3.40. The molecule has 7 nitrogen and oxygen atoms in total. The van der Waals surface area contributed by atoms with E-state index in [1.165, 1.54) is 6.92 Å². The summed E-state index contributed by atoms with van der Waals surface area (Å²) in [6, 6.07) is 18.5. The van der Waals surface area contributed by atoms with Crippen molar-refractivity contribution in [3.63, 3.8) is 0 Å². The maximum Gasteiger partial charge on any atom is 0.429 e. The van der Waals surface area contributed by atoms with Gasteiger partial charge in [0.15, 0.2) is 0 Å². The monoisotopic (exact) mass is 382 g/mol. The van der Waals surface area contributed by atoms with E-state index < -0.39 is 18.1 Å². The number of hydrogen-bond donors (Lipinski definition) is 0. The van der Waals surface area contributed by atoms with Crippen LogP contribution in [0.2, 0.25) is 0 Å². The highest BCUT2D eigenvalue weighted by molar-refractivity contribution is 5.82. The number of hydrazine groups is 1. The minimum atomic E-state index is -0.690. The topological polar surface area (TPSA) is 76.2 Å². The Morgan fingerprint density at radius 3 is 1.54 bits per heavy atom. The smallest absolute Gasteiger partial charge is 0.429 e. The van der Waals surface area contributed by atoms with Gasteiger partial charge in [-0.05, 0) is 18.1 Å². The summed E-state index contributed by atoms with van der Waals surface area (Å²) >= 11 is 0. The van der Waals surface area contributed by atoms with Crippen LogP contribution in [0, 0.1) is 5.92 Å². The molecule has 2 amide bonds. The second kappa shape index (κ2) is 9.03. The second-order valence-corrected chi connectivity index (χ2v) is 6.55. The lowest BCUT2D eigenvalue weighted by Gasteiger charge is -2.26. The number of hydrogen-bond acceptors (Lipinski definition) is 5. The standard InChI is InChI=1S/C21H22N2O5/c1-16(24)19-12-22(20(25)27-14-17-8-4-2-5-9-17)23(13-19)21(26)28-15-18-10-6-3-7-11-18/h2-11,19H,12-15H2,1H3. The molecule has 0 radical (unpaired) electrons. The van der Waals surface area contributed by atoms with E-state index in [4.69, 9.17) is 9.47 Å². The van der Waals surface area contributed by atoms with Crippen LogP contribution in [0.1, 0.15) is 18.1 Å². The highest BCUT2D eigenvalue weighted by Crippen LogP contribution is 2.21. The van der Waals surface area contributed by atoms with E-state index in [9.17, 15) is 14.4 Å². The Bertz CT molecular complexity index is 762. The van der Waals surface area contributed by atoms with Crippen LogP contribution in [0.3, 0.4) is 0 Å². The van der Waals surface area contributed by atoms with Gasteiger partial charge in [0, 0.05) is 0 Å². The fourth-order valence-corrected chi connectivity index (χ4v) is 2.86. The highest BCUT2D eigenvalue weighted by Gasteiger charge is 2.40. The number of ether oxygens (including phenoxy) is 2. The van der Waals surface area contributed by atoms with Gasteiger partial charge in [-0.3, -0.25) is 4.79 Å². The molecule has 0 aliphatic carbocycles. The minimum Gasteiger partial charge on any atom is -0.443 e. The van der Waals surface area contributed by atoms with Crippen molar-refractivity contribution in [1.29, 1.82) is 0 Å². The van der Waals surface area contributed by atoms with Gasteiger partial charge in [0.05, 0.1) is 19.0 Å². The first-order valence-electron chi connectivity index (χ1n) is 9.01. The quantitative estimate of drug-likeness (QED) is 0.792. The van der Waals surface area contributed by atoms with Gasteiger partial charge in [-0.15, -0.1) is 0 Å². The van der Waals surface area contributed by atoms with E-state index in [1.807, 2.05) is 60.7 Å². The van der Waals surface area contributed by atoms with Gasteiger partial charge < -0.3 is 9.47 Å². The SMILES string of the molecule is CC(=O)C1CN(C(=O)OCc2ccccc2)N(C(=O)OCc2ccccc2)C1. The Morgan fingerprint density at radius 1 is 0.786 bits per heavy atom. The molecular formula is C21H22N2O5. The van der Waals surface area contributed by atoms with E-state index >= 15 is 0 Å². The molecule has 1 heterocycles. The van der Waals surface area contributed by atoms with Crippen molar-refractivity contribution in [1.82, 2.24) is 10.0 Å². The number of Topliss-reactive ketones (excluding diaryl/α,β-unsaturated/α-hetero) is 1. The molecule has 0 spiro atoms. The summed E-state index contributed by atoms with van der Waals surface area (Å²) in [6.07, 6.45) is -1.38. The van der Waals surface area contributed by atoms with Crippen LogP contribution < -0.4 is 0 Å². The summed E-state index contributed by atoms with van der Waals surface area (Å²) in [5, 5.41) is 2.28. The third-order valence-electron chi connectivity index (χ3n) is 4.48. The number of nitrogens with zero attached hydrogens (tertiary/aromatic N) is 2. The third kappa shape index (κ3) is 4.88. The van der Waals surface area contributed by atoms with Crippen molar-refractivity contribution in [2.45, 2.75) is 20.1 Å². The van der Waals surface area contributed by atoms with Crippen LogP contribution in [0.25, 0.3) is 0 Å². The van der Waals surface area contributed by atoms with Crippen LogP contribution in [-0.2, 0) is 27.5 Å². The molecule has 0 atom stereocenters. The third-order valence-corrected chi connectivity index (χ3v) is 4.48. The Labute approximate surface area is 163 Å². The number of carbonyl (C=O) groups is 3. The summed E-state index contributed by atoms with van der Waals surface area (Å²) in [7, 11) is 0. The molecule has 2 aromatic rings. The maximum absolute atomic E-state index is 12.5. The number of carbonyl (C=O) groups excluding carboxylic acids is 3. The van der Waals surface area contributed by atoms with Gasteiger partial charge in [0.1, 0.15) is 19.0 Å². The lowest BCUT2D eigenvalue weighted by molar-refractivity contribution is -0.120. The van der Waals surface area contributed by atoms with Crippen LogP contribution in [0.5, 0.6) is 0 Å². The van der Waals surface area contributed by atoms with E-state index in [0.717, 1.165) is 21.1 Å². The van der Waals surface area contributed by atoms with E-state index in [2.05, 4.69) is 0 Å². The molecule has 3 rings (SSSR count). The molecule has 1 aliphatic heterocycles. The molecule has 28 heavy (non-hydrogen) atoms.